The molecule has 0 aliphatic carbocycles. The zero-order chi connectivity index (χ0) is 30.4. The Kier molecular flexibility index (Phi) is 9.41. The Morgan fingerprint density at radius 1 is 1.02 bits per heavy atom. The van der Waals surface area contributed by atoms with E-state index >= 15 is 0 Å². The van der Waals surface area contributed by atoms with Crippen molar-refractivity contribution in [1.29, 1.82) is 0 Å². The van der Waals surface area contributed by atoms with Crippen molar-refractivity contribution in [3.05, 3.63) is 76.3 Å². The summed E-state index contributed by atoms with van der Waals surface area (Å²) in [5.74, 6) is -2.91. The molecular formula is C28H28Cl2N6O6. The minimum Gasteiger partial charge on any atom is -0.490 e. The fourth-order valence-corrected chi connectivity index (χ4v) is 4.93. The number of ether oxygens (including phenoxy) is 1. The Balaban J connectivity index is 1.39. The van der Waals surface area contributed by atoms with Crippen molar-refractivity contribution >= 4 is 58.3 Å². The zero-order valence-corrected chi connectivity index (χ0v) is 23.7. The van der Waals surface area contributed by atoms with Crippen molar-refractivity contribution in [2.75, 3.05) is 31.1 Å². The Labute approximate surface area is 250 Å². The first kappa shape index (κ1) is 30.4. The summed E-state index contributed by atoms with van der Waals surface area (Å²) < 4.78 is 5.65. The Bertz CT molecular complexity index is 1510. The molecule has 1 unspecified atom stereocenters. The predicted octanol–water partition coefficient (Wildman–Crippen LogP) is 2.47. The van der Waals surface area contributed by atoms with Crippen LogP contribution in [0.5, 0.6) is 5.75 Å². The van der Waals surface area contributed by atoms with E-state index in [2.05, 4.69) is 10.3 Å². The van der Waals surface area contributed by atoms with Gasteiger partial charge in [-0.1, -0.05) is 53.5 Å². The SMILES string of the molecule is NC(N)=Nc1ccc2c(c1)N(CCC(=O)NCC(O)(NC(=O)c1c(Cl)cc(-c3ccccc3)cc1Cl)C(=O)O)CCO2. The number of nitrogens with zero attached hydrogens (tertiary/aromatic N) is 2. The number of hydrogen-bond donors (Lipinski definition) is 6. The summed E-state index contributed by atoms with van der Waals surface area (Å²) in [7, 11) is 0. The van der Waals surface area contributed by atoms with Gasteiger partial charge in [0, 0.05) is 13.0 Å². The molecule has 4 rings (SSSR count). The largest absolute Gasteiger partial charge is 0.490 e. The number of halogens is 2. The summed E-state index contributed by atoms with van der Waals surface area (Å²) in [6.45, 7) is 0.284. The standard InChI is InChI=1S/C28H28Cl2N6O6/c29-19-12-17(16-4-2-1-3-5-16)13-20(30)24(19)25(38)35-28(41,26(39)40)15-33-23(37)8-9-36-10-11-42-22-7-6-18(14-21(22)36)34-27(31)32/h1-7,12-14,41H,8-11,15H2,(H,33,37)(H,35,38)(H,39,40)(H4,31,32,34). The predicted molar refractivity (Wildman–Crippen MR) is 159 cm³/mol. The van der Waals surface area contributed by atoms with E-state index in [9.17, 15) is 24.6 Å². The van der Waals surface area contributed by atoms with E-state index in [1.807, 2.05) is 40.5 Å². The quantitative estimate of drug-likeness (QED) is 0.113. The van der Waals surface area contributed by atoms with Gasteiger partial charge in [0.15, 0.2) is 5.96 Å². The summed E-state index contributed by atoms with van der Waals surface area (Å²) in [4.78, 5) is 43.5. The number of carbonyl (C=O) groups is 3. The molecule has 0 aromatic heterocycles. The third-order valence-corrected chi connectivity index (χ3v) is 6.96. The van der Waals surface area contributed by atoms with Gasteiger partial charge in [-0.25, -0.2) is 9.79 Å². The van der Waals surface area contributed by atoms with Crippen LogP contribution in [0, 0.1) is 0 Å². The number of nitrogens with one attached hydrogen (secondary N) is 2. The molecule has 3 aromatic rings. The molecule has 1 atom stereocenters. The topological polar surface area (TPSA) is 193 Å². The number of aliphatic carboxylic acids is 1. The van der Waals surface area contributed by atoms with Crippen LogP contribution in [0.4, 0.5) is 11.4 Å². The monoisotopic (exact) mass is 614 g/mol. The number of anilines is 1. The molecule has 0 spiro atoms. The van der Waals surface area contributed by atoms with Crippen molar-refractivity contribution in [2.24, 2.45) is 16.5 Å². The van der Waals surface area contributed by atoms with E-state index < -0.39 is 30.1 Å². The second kappa shape index (κ2) is 13.0. The van der Waals surface area contributed by atoms with Gasteiger partial charge in [0.1, 0.15) is 12.4 Å². The zero-order valence-electron chi connectivity index (χ0n) is 22.1. The molecular weight excluding hydrogens is 587 g/mol. The van der Waals surface area contributed by atoms with E-state index in [1.165, 1.54) is 12.1 Å². The van der Waals surface area contributed by atoms with Crippen LogP contribution in [0.15, 0.2) is 65.7 Å². The highest BCUT2D eigenvalue weighted by Gasteiger charge is 2.39. The minimum atomic E-state index is -2.85. The Morgan fingerprint density at radius 2 is 1.71 bits per heavy atom. The van der Waals surface area contributed by atoms with Gasteiger partial charge in [-0.2, -0.15) is 0 Å². The fraction of sp³-hybridized carbons (Fsp3) is 0.214. The number of carboxylic acid groups (broad SMARTS) is 1. The molecule has 1 aliphatic rings. The van der Waals surface area contributed by atoms with Crippen molar-refractivity contribution < 1.29 is 29.3 Å². The first-order valence-corrected chi connectivity index (χ1v) is 13.4. The highest BCUT2D eigenvalue weighted by molar-refractivity contribution is 6.40. The molecule has 14 heteroatoms. The van der Waals surface area contributed by atoms with E-state index in [1.54, 1.807) is 18.2 Å². The molecule has 8 N–H and O–H groups in total. The van der Waals surface area contributed by atoms with E-state index in [-0.39, 0.29) is 34.5 Å². The third-order valence-electron chi connectivity index (χ3n) is 6.36. The number of hydrogen-bond acceptors (Lipinski definition) is 7. The molecule has 3 aromatic carbocycles. The van der Waals surface area contributed by atoms with Gasteiger partial charge < -0.3 is 42.0 Å². The fourth-order valence-electron chi connectivity index (χ4n) is 4.27. The Morgan fingerprint density at radius 3 is 2.36 bits per heavy atom. The number of carboxylic acids is 1. The van der Waals surface area contributed by atoms with Crippen LogP contribution in [-0.4, -0.2) is 65.9 Å². The van der Waals surface area contributed by atoms with Gasteiger partial charge in [0.2, 0.25) is 5.91 Å². The molecule has 42 heavy (non-hydrogen) atoms. The first-order chi connectivity index (χ1) is 20.0. The average Bonchev–Trinajstić information content (AvgIpc) is 2.94. The van der Waals surface area contributed by atoms with Gasteiger partial charge in [0.25, 0.3) is 11.6 Å². The second-order valence-corrected chi connectivity index (χ2v) is 10.2. The summed E-state index contributed by atoms with van der Waals surface area (Å²) in [6.07, 6.45) is -0.0613. The van der Waals surface area contributed by atoms with Crippen LogP contribution in [0.25, 0.3) is 11.1 Å². The van der Waals surface area contributed by atoms with Crippen molar-refractivity contribution in [3.8, 4) is 16.9 Å². The molecule has 0 saturated carbocycles. The van der Waals surface area contributed by atoms with Gasteiger partial charge in [-0.3, -0.25) is 9.59 Å². The van der Waals surface area contributed by atoms with E-state index in [4.69, 9.17) is 39.4 Å². The molecule has 0 radical (unpaired) electrons. The molecule has 1 heterocycles. The number of aliphatic hydroxyl groups is 1. The molecule has 0 fully saturated rings. The average molecular weight is 615 g/mol. The highest BCUT2D eigenvalue weighted by Crippen LogP contribution is 2.35. The van der Waals surface area contributed by atoms with Crippen LogP contribution in [0.2, 0.25) is 10.0 Å². The number of rotatable bonds is 10. The molecule has 0 bridgehead atoms. The normalized spacial score (nSPS) is 13.6. The summed E-state index contributed by atoms with van der Waals surface area (Å²) >= 11 is 12.6. The first-order valence-electron chi connectivity index (χ1n) is 12.7. The lowest BCUT2D eigenvalue weighted by molar-refractivity contribution is -0.160. The lowest BCUT2D eigenvalue weighted by Gasteiger charge is -2.31. The van der Waals surface area contributed by atoms with Crippen LogP contribution >= 0.6 is 23.2 Å². The number of amides is 2. The molecule has 1 aliphatic heterocycles. The number of nitrogens with two attached hydrogens (primary N) is 2. The maximum atomic E-state index is 13.0. The molecule has 220 valence electrons. The van der Waals surface area contributed by atoms with Crippen molar-refractivity contribution in [2.45, 2.75) is 12.1 Å². The number of benzene rings is 3. The minimum absolute atomic E-state index is 0.0515. The summed E-state index contributed by atoms with van der Waals surface area (Å²) in [5, 5.41) is 24.7. The summed E-state index contributed by atoms with van der Waals surface area (Å²) in [5.41, 5.74) is 10.5. The van der Waals surface area contributed by atoms with Crippen molar-refractivity contribution in [3.63, 3.8) is 0 Å². The van der Waals surface area contributed by atoms with Crippen LogP contribution in [0.1, 0.15) is 16.8 Å². The Hall–Kier alpha value is -4.52. The molecule has 12 nitrogen and oxygen atoms in total. The second-order valence-electron chi connectivity index (χ2n) is 9.35. The van der Waals surface area contributed by atoms with E-state index in [0.717, 1.165) is 5.56 Å². The van der Waals surface area contributed by atoms with Crippen LogP contribution in [0.3, 0.4) is 0 Å². The van der Waals surface area contributed by atoms with Gasteiger partial charge in [-0.05, 0) is 41.5 Å². The van der Waals surface area contributed by atoms with Crippen LogP contribution < -0.4 is 31.7 Å². The number of guanidine groups is 1. The molecule has 0 saturated heterocycles. The lowest BCUT2D eigenvalue weighted by Crippen LogP contribution is -2.61. The smallest absolute Gasteiger partial charge is 0.359 e. The molecule has 2 amide bonds. The third kappa shape index (κ3) is 7.21. The van der Waals surface area contributed by atoms with Crippen molar-refractivity contribution in [1.82, 2.24) is 10.6 Å². The van der Waals surface area contributed by atoms with E-state index in [0.29, 0.717) is 35.8 Å². The maximum Gasteiger partial charge on any atom is 0.359 e. The number of aliphatic imine (C=N–C) groups is 1. The lowest BCUT2D eigenvalue weighted by atomic mass is 10.0. The highest BCUT2D eigenvalue weighted by atomic mass is 35.5. The van der Waals surface area contributed by atoms with Crippen LogP contribution in [-0.2, 0) is 9.59 Å². The maximum absolute atomic E-state index is 13.0. The van der Waals surface area contributed by atoms with Gasteiger partial charge in [0.05, 0.1) is 40.1 Å². The van der Waals surface area contributed by atoms with Gasteiger partial charge >= 0.3 is 5.97 Å². The number of carbonyl (C=O) groups excluding carboxylic acids is 2. The van der Waals surface area contributed by atoms with Gasteiger partial charge in [-0.15, -0.1) is 0 Å². The number of fused-ring (bicyclic) bond motifs is 1. The summed E-state index contributed by atoms with van der Waals surface area (Å²) in [6, 6.07) is 17.3.